The zero-order valence-corrected chi connectivity index (χ0v) is 16.9. The number of carbonyl (C=O) groups is 2. The minimum absolute atomic E-state index is 0.0610. The smallest absolute Gasteiger partial charge is 0.225 e. The summed E-state index contributed by atoms with van der Waals surface area (Å²) in [6.07, 6.45) is 6.22. The van der Waals surface area contributed by atoms with Crippen molar-refractivity contribution in [3.63, 3.8) is 0 Å². The Hall–Kier alpha value is -2.96. The number of nitrogens with zero attached hydrogens (tertiary/aromatic N) is 2. The lowest BCUT2D eigenvalue weighted by atomic mass is 9.64. The van der Waals surface area contributed by atoms with Crippen LogP contribution in [0.1, 0.15) is 50.4 Å². The zero-order chi connectivity index (χ0) is 20.4. The third-order valence-electron chi connectivity index (χ3n) is 5.69. The van der Waals surface area contributed by atoms with E-state index in [1.54, 1.807) is 0 Å². The molecule has 1 aliphatic carbocycles. The molecule has 0 spiro atoms. The molecule has 0 radical (unpaired) electrons. The molecule has 1 aromatic heterocycles. The Balaban J connectivity index is 1.27. The highest BCUT2D eigenvalue weighted by Crippen LogP contribution is 2.49. The normalized spacial score (nSPS) is 20.6. The average Bonchev–Trinajstić information content (AvgIpc) is 3.12. The maximum Gasteiger partial charge on any atom is 0.225 e. The molecule has 2 fully saturated rings. The summed E-state index contributed by atoms with van der Waals surface area (Å²) in [4.78, 5) is 32.3. The van der Waals surface area contributed by atoms with E-state index in [0.29, 0.717) is 24.4 Å². The fraction of sp³-hybridized carbons (Fsp3) is 0.455. The molecule has 1 aliphatic heterocycles. The van der Waals surface area contributed by atoms with Gasteiger partial charge in [-0.2, -0.15) is 0 Å². The van der Waals surface area contributed by atoms with Crippen LogP contribution in [-0.2, 0) is 16.1 Å². The van der Waals surface area contributed by atoms with Gasteiger partial charge in [-0.3, -0.25) is 9.59 Å². The van der Waals surface area contributed by atoms with E-state index >= 15 is 0 Å². The molecule has 1 atom stereocenters. The Labute approximate surface area is 170 Å². The van der Waals surface area contributed by atoms with Crippen molar-refractivity contribution in [2.45, 2.75) is 45.6 Å². The zero-order valence-electron chi connectivity index (χ0n) is 16.9. The molecule has 7 nitrogen and oxygen atoms in total. The molecule has 152 valence electrons. The van der Waals surface area contributed by atoms with Crippen LogP contribution < -0.4 is 16.0 Å². The molecular weight excluding hydrogens is 366 g/mol. The number of anilines is 2. The van der Waals surface area contributed by atoms with Crippen LogP contribution in [0.15, 0.2) is 36.7 Å². The summed E-state index contributed by atoms with van der Waals surface area (Å²) in [6, 6.07) is 7.85. The van der Waals surface area contributed by atoms with Gasteiger partial charge in [0.1, 0.15) is 5.82 Å². The Morgan fingerprint density at radius 1 is 1.14 bits per heavy atom. The Bertz CT molecular complexity index is 884. The molecule has 2 amide bonds. The van der Waals surface area contributed by atoms with Crippen LogP contribution in [0.25, 0.3) is 0 Å². The highest BCUT2D eigenvalue weighted by atomic mass is 16.2. The van der Waals surface area contributed by atoms with E-state index in [9.17, 15) is 9.59 Å². The molecule has 2 aromatic rings. The van der Waals surface area contributed by atoms with Crippen LogP contribution in [0.5, 0.6) is 0 Å². The largest absolute Gasteiger partial charge is 0.355 e. The number of benzene rings is 1. The van der Waals surface area contributed by atoms with Crippen LogP contribution >= 0.6 is 0 Å². The minimum Gasteiger partial charge on any atom is -0.355 e. The number of hydrogen-bond donors (Lipinski definition) is 3. The Morgan fingerprint density at radius 2 is 1.83 bits per heavy atom. The first-order valence-electron chi connectivity index (χ1n) is 10.1. The quantitative estimate of drug-likeness (QED) is 0.701. The van der Waals surface area contributed by atoms with Gasteiger partial charge in [-0.05, 0) is 36.0 Å². The van der Waals surface area contributed by atoms with Crippen molar-refractivity contribution < 1.29 is 9.59 Å². The van der Waals surface area contributed by atoms with Crippen molar-refractivity contribution in [2.24, 2.45) is 11.3 Å². The summed E-state index contributed by atoms with van der Waals surface area (Å²) < 4.78 is 0. The standard InChI is InChI=1S/C22H27N5O2/c1-22(2)8-16(9-22)20-24-12-18(13-25-20)27-17-5-3-14(4-6-17)10-26-21(29)15-7-19(28)23-11-15/h3-6,12-13,15-16,27H,7-11H2,1-2H3,(H,23,28)(H,26,29). The lowest BCUT2D eigenvalue weighted by Crippen LogP contribution is -2.31. The molecule has 7 heteroatoms. The lowest BCUT2D eigenvalue weighted by Gasteiger charge is -2.41. The first-order chi connectivity index (χ1) is 13.9. The summed E-state index contributed by atoms with van der Waals surface area (Å²) in [7, 11) is 0. The summed E-state index contributed by atoms with van der Waals surface area (Å²) in [6.45, 7) is 5.43. The van der Waals surface area contributed by atoms with E-state index in [2.05, 4.69) is 39.8 Å². The number of rotatable bonds is 6. The highest BCUT2D eigenvalue weighted by molar-refractivity contribution is 5.89. The topological polar surface area (TPSA) is 96.0 Å². The van der Waals surface area contributed by atoms with Gasteiger partial charge in [0, 0.05) is 31.1 Å². The fourth-order valence-corrected chi connectivity index (χ4v) is 4.07. The third-order valence-corrected chi connectivity index (χ3v) is 5.69. The molecule has 1 saturated heterocycles. The van der Waals surface area contributed by atoms with Crippen molar-refractivity contribution in [1.29, 1.82) is 0 Å². The first-order valence-corrected chi connectivity index (χ1v) is 10.1. The predicted molar refractivity (Wildman–Crippen MR) is 110 cm³/mol. The van der Waals surface area contributed by atoms with Gasteiger partial charge in [-0.15, -0.1) is 0 Å². The number of amides is 2. The Morgan fingerprint density at radius 3 is 2.41 bits per heavy atom. The molecule has 4 rings (SSSR count). The maximum absolute atomic E-state index is 12.1. The van der Waals surface area contributed by atoms with Gasteiger partial charge >= 0.3 is 0 Å². The molecular formula is C22H27N5O2. The van der Waals surface area contributed by atoms with E-state index in [1.807, 2.05) is 36.7 Å². The van der Waals surface area contributed by atoms with E-state index < -0.39 is 0 Å². The molecule has 29 heavy (non-hydrogen) atoms. The number of carbonyl (C=O) groups excluding carboxylic acids is 2. The average molecular weight is 393 g/mol. The summed E-state index contributed by atoms with van der Waals surface area (Å²) in [5.41, 5.74) is 3.20. The second-order valence-electron chi connectivity index (χ2n) is 8.84. The second-order valence-corrected chi connectivity index (χ2v) is 8.84. The Kier molecular flexibility index (Phi) is 5.22. The fourth-order valence-electron chi connectivity index (χ4n) is 4.07. The van der Waals surface area contributed by atoms with Crippen molar-refractivity contribution in [1.82, 2.24) is 20.6 Å². The van der Waals surface area contributed by atoms with E-state index in [1.165, 1.54) is 0 Å². The van der Waals surface area contributed by atoms with Gasteiger partial charge in [0.2, 0.25) is 11.8 Å². The van der Waals surface area contributed by atoms with E-state index in [0.717, 1.165) is 35.6 Å². The minimum atomic E-state index is -0.266. The molecule has 1 unspecified atom stereocenters. The monoisotopic (exact) mass is 393 g/mol. The van der Waals surface area contributed by atoms with Crippen LogP contribution in [0.2, 0.25) is 0 Å². The predicted octanol–water partition coefficient (Wildman–Crippen LogP) is 2.88. The molecule has 3 N–H and O–H groups in total. The van der Waals surface area contributed by atoms with E-state index in [4.69, 9.17) is 0 Å². The van der Waals surface area contributed by atoms with Crippen molar-refractivity contribution in [2.75, 3.05) is 11.9 Å². The number of nitrogens with one attached hydrogen (secondary N) is 3. The van der Waals surface area contributed by atoms with Crippen molar-refractivity contribution >= 4 is 23.2 Å². The number of aromatic nitrogens is 2. The van der Waals surface area contributed by atoms with Crippen LogP contribution in [0, 0.1) is 11.3 Å². The first kappa shape index (κ1) is 19.4. The van der Waals surface area contributed by atoms with Gasteiger partial charge in [0.05, 0.1) is 24.0 Å². The summed E-state index contributed by atoms with van der Waals surface area (Å²) >= 11 is 0. The van der Waals surface area contributed by atoms with Gasteiger partial charge in [0.15, 0.2) is 0 Å². The van der Waals surface area contributed by atoms with Gasteiger partial charge in [-0.25, -0.2) is 9.97 Å². The lowest BCUT2D eigenvalue weighted by molar-refractivity contribution is -0.126. The van der Waals surface area contributed by atoms with Gasteiger partial charge in [-0.1, -0.05) is 26.0 Å². The van der Waals surface area contributed by atoms with Crippen molar-refractivity contribution in [3.8, 4) is 0 Å². The molecule has 2 heterocycles. The second kappa shape index (κ2) is 7.81. The van der Waals surface area contributed by atoms with Crippen molar-refractivity contribution in [3.05, 3.63) is 48.0 Å². The van der Waals surface area contributed by atoms with Crippen LogP contribution in [-0.4, -0.2) is 28.3 Å². The molecule has 2 aliphatic rings. The molecule has 0 bridgehead atoms. The summed E-state index contributed by atoms with van der Waals surface area (Å²) in [5.74, 6) is 0.996. The van der Waals surface area contributed by atoms with Crippen LogP contribution in [0.4, 0.5) is 11.4 Å². The third kappa shape index (κ3) is 4.72. The van der Waals surface area contributed by atoms with Gasteiger partial charge < -0.3 is 16.0 Å². The van der Waals surface area contributed by atoms with E-state index in [-0.39, 0.29) is 24.2 Å². The molecule has 1 aromatic carbocycles. The van der Waals surface area contributed by atoms with Crippen LogP contribution in [0.3, 0.4) is 0 Å². The van der Waals surface area contributed by atoms with Gasteiger partial charge in [0.25, 0.3) is 0 Å². The SMILES string of the molecule is CC1(C)CC(c2ncc(Nc3ccc(CNC(=O)C4CNC(=O)C4)cc3)cn2)C1. The maximum atomic E-state index is 12.1. The number of hydrogen-bond acceptors (Lipinski definition) is 5. The molecule has 1 saturated carbocycles. The summed E-state index contributed by atoms with van der Waals surface area (Å²) in [5, 5.41) is 8.88. The highest BCUT2D eigenvalue weighted by Gasteiger charge is 2.38.